The Morgan fingerprint density at radius 3 is 2.47 bits per heavy atom. The zero-order valence-electron chi connectivity index (χ0n) is 17.9. The lowest BCUT2D eigenvalue weighted by Crippen LogP contribution is -2.42. The van der Waals surface area contributed by atoms with E-state index in [1.54, 1.807) is 10.6 Å². The van der Waals surface area contributed by atoms with E-state index in [-0.39, 0.29) is 12.0 Å². The first-order chi connectivity index (χ1) is 14.4. The zero-order chi connectivity index (χ0) is 22.4. The Balaban J connectivity index is 0.000000345. The van der Waals surface area contributed by atoms with Gasteiger partial charge in [0.2, 0.25) is 6.41 Å². The van der Waals surface area contributed by atoms with Crippen LogP contribution in [-0.2, 0) is 11.5 Å². The first-order valence-corrected chi connectivity index (χ1v) is 9.93. The van der Waals surface area contributed by atoms with E-state index >= 15 is 0 Å². The number of nitrogens with zero attached hydrogens (tertiary/aromatic N) is 3. The molecule has 1 aromatic heterocycles. The smallest absolute Gasteiger partial charge is 0.270 e. The highest BCUT2D eigenvalue weighted by Gasteiger charge is 2.17. The first-order valence-electron chi connectivity index (χ1n) is 9.93. The molecule has 2 aromatic rings. The highest BCUT2D eigenvalue weighted by Crippen LogP contribution is 2.12. The minimum Gasteiger partial charge on any atom is -0.372 e. The van der Waals surface area contributed by atoms with Crippen molar-refractivity contribution in [2.75, 3.05) is 13.1 Å². The van der Waals surface area contributed by atoms with Crippen LogP contribution in [0.4, 0.5) is 0 Å². The number of benzene rings is 1. The Hall–Kier alpha value is -3.03. The third kappa shape index (κ3) is 8.98. The third-order valence-electron chi connectivity index (χ3n) is 4.40. The summed E-state index contributed by atoms with van der Waals surface area (Å²) >= 11 is 0. The minimum atomic E-state index is -0.0476. The van der Waals surface area contributed by atoms with Crippen molar-refractivity contribution in [2.24, 2.45) is 11.5 Å². The first kappa shape index (κ1) is 25.0. The Labute approximate surface area is 178 Å². The molecule has 2 heterocycles. The fourth-order valence-electron chi connectivity index (χ4n) is 2.88. The lowest BCUT2D eigenvalue weighted by molar-refractivity contribution is -0.106. The molecule has 1 amide bonds. The third-order valence-corrected chi connectivity index (χ3v) is 4.40. The van der Waals surface area contributed by atoms with Gasteiger partial charge in [-0.2, -0.15) is 0 Å². The second-order valence-corrected chi connectivity index (χ2v) is 7.11. The lowest BCUT2D eigenvalue weighted by atomic mass is 10.1. The van der Waals surface area contributed by atoms with Crippen LogP contribution in [0.25, 0.3) is 11.0 Å². The van der Waals surface area contributed by atoms with Gasteiger partial charge in [-0.15, -0.1) is 0 Å². The van der Waals surface area contributed by atoms with E-state index in [0.717, 1.165) is 37.0 Å². The number of piperidine rings is 1. The van der Waals surface area contributed by atoms with Crippen LogP contribution in [0.2, 0.25) is 0 Å². The Kier molecular flexibility index (Phi) is 11.7. The van der Waals surface area contributed by atoms with E-state index in [0.29, 0.717) is 12.7 Å². The lowest BCUT2D eigenvalue weighted by Gasteiger charge is -2.30. The van der Waals surface area contributed by atoms with Crippen molar-refractivity contribution in [3.63, 3.8) is 0 Å². The molecule has 1 aromatic carbocycles. The van der Waals surface area contributed by atoms with Crippen molar-refractivity contribution in [3.05, 3.63) is 77.3 Å². The summed E-state index contributed by atoms with van der Waals surface area (Å²) in [6, 6.07) is 8.05. The Morgan fingerprint density at radius 2 is 1.87 bits per heavy atom. The van der Waals surface area contributed by atoms with Crippen LogP contribution in [0.3, 0.4) is 0 Å². The number of primary amides is 1. The number of hydrogen-bond acceptors (Lipinski definition) is 5. The number of likely N-dealkylation sites (tertiary alicyclic amines) is 1. The summed E-state index contributed by atoms with van der Waals surface area (Å²) in [5.74, 6) is 0. The van der Waals surface area contributed by atoms with Crippen LogP contribution in [0.15, 0.2) is 71.7 Å². The van der Waals surface area contributed by atoms with Crippen molar-refractivity contribution >= 4 is 17.4 Å². The van der Waals surface area contributed by atoms with Gasteiger partial charge in [0.25, 0.3) is 5.56 Å². The van der Waals surface area contributed by atoms with Crippen LogP contribution in [0.1, 0.15) is 26.7 Å². The number of allylic oxidation sites excluding steroid dienone is 5. The van der Waals surface area contributed by atoms with Crippen molar-refractivity contribution in [2.45, 2.75) is 39.4 Å². The van der Waals surface area contributed by atoms with Gasteiger partial charge in [-0.1, -0.05) is 48.6 Å². The molecule has 0 aliphatic carbocycles. The van der Waals surface area contributed by atoms with E-state index in [2.05, 4.69) is 36.0 Å². The molecule has 0 bridgehead atoms. The quantitative estimate of drug-likeness (QED) is 0.594. The average molecular weight is 412 g/mol. The van der Waals surface area contributed by atoms with Gasteiger partial charge in [0.1, 0.15) is 0 Å². The van der Waals surface area contributed by atoms with Gasteiger partial charge in [0.05, 0.1) is 23.9 Å². The normalized spacial score (nSPS) is 14.2. The number of fused-ring (bicyclic) bond motifs is 1. The maximum atomic E-state index is 12.0. The SMILES string of the molecule is C=C/C=C\C=C(C)C.NC1CCN(Cn2c(=O)cnc3ccccc32)CC1.NC=O. The molecule has 0 spiro atoms. The second-order valence-electron chi connectivity index (χ2n) is 7.11. The van der Waals surface area contributed by atoms with E-state index in [4.69, 9.17) is 10.5 Å². The Bertz CT molecular complexity index is 905. The summed E-state index contributed by atoms with van der Waals surface area (Å²) in [4.78, 5) is 27.1. The van der Waals surface area contributed by atoms with Crippen LogP contribution in [-0.4, -0.2) is 40.0 Å². The molecular weight excluding hydrogens is 378 g/mol. The molecule has 7 nitrogen and oxygen atoms in total. The van der Waals surface area contributed by atoms with Gasteiger partial charge in [-0.3, -0.25) is 19.1 Å². The predicted octanol–water partition coefficient (Wildman–Crippen LogP) is 2.57. The van der Waals surface area contributed by atoms with Crippen LogP contribution < -0.4 is 17.0 Å². The van der Waals surface area contributed by atoms with E-state index in [1.165, 1.54) is 11.8 Å². The van der Waals surface area contributed by atoms with E-state index in [9.17, 15) is 4.79 Å². The molecule has 0 atom stereocenters. The zero-order valence-corrected chi connectivity index (χ0v) is 17.9. The van der Waals surface area contributed by atoms with Gasteiger partial charge >= 0.3 is 0 Å². The highest BCUT2D eigenvalue weighted by molar-refractivity contribution is 5.74. The van der Waals surface area contributed by atoms with Crippen LogP contribution in [0.5, 0.6) is 0 Å². The molecule has 1 aliphatic rings. The number of para-hydroxylation sites is 2. The summed E-state index contributed by atoms with van der Waals surface area (Å²) < 4.78 is 1.79. The molecule has 4 N–H and O–H groups in total. The minimum absolute atomic E-state index is 0.0476. The number of nitrogens with two attached hydrogens (primary N) is 2. The molecule has 0 radical (unpaired) electrons. The number of hydrogen-bond donors (Lipinski definition) is 2. The average Bonchev–Trinajstić information content (AvgIpc) is 2.73. The van der Waals surface area contributed by atoms with Gasteiger partial charge in [-0.25, -0.2) is 4.98 Å². The van der Waals surface area contributed by atoms with Crippen molar-refractivity contribution in [3.8, 4) is 0 Å². The topological polar surface area (TPSA) is 107 Å². The van der Waals surface area contributed by atoms with Crippen molar-refractivity contribution < 1.29 is 4.79 Å². The largest absolute Gasteiger partial charge is 0.372 e. The van der Waals surface area contributed by atoms with Gasteiger partial charge in [0, 0.05) is 19.1 Å². The maximum absolute atomic E-state index is 12.0. The summed E-state index contributed by atoms with van der Waals surface area (Å²) in [6.45, 7) is 10.2. The number of rotatable bonds is 4. The Morgan fingerprint density at radius 1 is 1.23 bits per heavy atom. The highest BCUT2D eigenvalue weighted by atomic mass is 16.1. The van der Waals surface area contributed by atoms with Gasteiger partial charge in [0.15, 0.2) is 0 Å². The molecule has 3 rings (SSSR count). The molecule has 1 fully saturated rings. The predicted molar refractivity (Wildman–Crippen MR) is 124 cm³/mol. The van der Waals surface area contributed by atoms with E-state index < -0.39 is 0 Å². The fraction of sp³-hybridized carbons (Fsp3) is 0.348. The molecule has 30 heavy (non-hydrogen) atoms. The van der Waals surface area contributed by atoms with Crippen molar-refractivity contribution in [1.29, 1.82) is 0 Å². The summed E-state index contributed by atoms with van der Waals surface area (Å²) in [5.41, 5.74) is 13.1. The number of carbonyl (C=O) groups excluding carboxylic acids is 1. The number of carbonyl (C=O) groups is 1. The summed E-state index contributed by atoms with van der Waals surface area (Å²) in [7, 11) is 0. The molecule has 0 unspecified atom stereocenters. The van der Waals surface area contributed by atoms with Crippen LogP contribution in [0, 0.1) is 0 Å². The van der Waals surface area contributed by atoms with Gasteiger partial charge < -0.3 is 11.5 Å². The summed E-state index contributed by atoms with van der Waals surface area (Å²) in [5, 5.41) is 0. The molecular formula is C23H33N5O2. The van der Waals surface area contributed by atoms with E-state index in [1.807, 2.05) is 42.5 Å². The molecule has 7 heteroatoms. The molecule has 162 valence electrons. The van der Waals surface area contributed by atoms with Crippen molar-refractivity contribution in [1.82, 2.24) is 14.5 Å². The maximum Gasteiger partial charge on any atom is 0.270 e. The number of aromatic nitrogens is 2. The number of amides is 1. The summed E-state index contributed by atoms with van der Waals surface area (Å²) in [6.07, 6.45) is 11.3. The molecule has 1 saturated heterocycles. The standard InChI is InChI=1S/C14H18N4O.C8H12.CH3NO/c15-11-5-7-17(8-6-11)10-18-13-4-2-1-3-12(13)16-9-14(18)19;1-4-5-6-7-8(2)3;2-1-3/h1-4,9,11H,5-8,10,15H2;4-7H,1H2,2-3H3;1H,(H2,2,3)/b;6-5-;. The fourth-order valence-corrected chi connectivity index (χ4v) is 2.88. The van der Waals surface area contributed by atoms with Crippen LogP contribution >= 0.6 is 0 Å². The molecule has 1 aliphatic heterocycles. The molecule has 0 saturated carbocycles. The second kappa shape index (κ2) is 14.0. The van der Waals surface area contributed by atoms with Gasteiger partial charge in [-0.05, 0) is 38.8 Å². The monoisotopic (exact) mass is 411 g/mol.